The SMILES string of the molecule is O=P1(OCc2ccccc2)[C@H](c2ccccc2)CC[C@H]1c1ccccc1. The minimum Gasteiger partial charge on any atom is -0.323 e. The molecule has 1 heterocycles. The summed E-state index contributed by atoms with van der Waals surface area (Å²) in [6, 6.07) is 30.4. The zero-order valence-corrected chi connectivity index (χ0v) is 15.6. The van der Waals surface area contributed by atoms with Gasteiger partial charge < -0.3 is 4.52 Å². The molecule has 2 nitrogen and oxygen atoms in total. The van der Waals surface area contributed by atoms with Gasteiger partial charge >= 0.3 is 0 Å². The summed E-state index contributed by atoms with van der Waals surface area (Å²) in [5, 5.41) is 0. The maximum atomic E-state index is 14.2. The molecule has 0 amide bonds. The van der Waals surface area contributed by atoms with Gasteiger partial charge in [-0.3, -0.25) is 4.57 Å². The molecule has 0 saturated carbocycles. The second-order valence-electron chi connectivity index (χ2n) is 6.83. The molecular formula is C23H23O2P. The zero-order valence-electron chi connectivity index (χ0n) is 14.7. The lowest BCUT2D eigenvalue weighted by Crippen LogP contribution is -2.03. The van der Waals surface area contributed by atoms with Gasteiger partial charge in [0.1, 0.15) is 0 Å². The highest BCUT2D eigenvalue weighted by Crippen LogP contribution is 2.77. The molecule has 3 aromatic carbocycles. The molecule has 1 aliphatic heterocycles. The van der Waals surface area contributed by atoms with E-state index in [1.165, 1.54) is 0 Å². The lowest BCUT2D eigenvalue weighted by atomic mass is 10.0. The molecular weight excluding hydrogens is 339 g/mol. The normalized spacial score (nSPS) is 21.5. The van der Waals surface area contributed by atoms with Crippen molar-refractivity contribution in [3.63, 3.8) is 0 Å². The Labute approximate surface area is 155 Å². The first-order chi connectivity index (χ1) is 12.8. The van der Waals surface area contributed by atoms with E-state index in [1.54, 1.807) is 0 Å². The Morgan fingerprint density at radius 2 is 1.12 bits per heavy atom. The molecule has 3 heteroatoms. The van der Waals surface area contributed by atoms with E-state index in [-0.39, 0.29) is 11.3 Å². The van der Waals surface area contributed by atoms with Gasteiger partial charge in [0.15, 0.2) is 0 Å². The van der Waals surface area contributed by atoms with E-state index in [4.69, 9.17) is 4.52 Å². The van der Waals surface area contributed by atoms with Crippen LogP contribution in [-0.4, -0.2) is 0 Å². The molecule has 0 radical (unpaired) electrons. The second kappa shape index (κ2) is 7.61. The monoisotopic (exact) mass is 362 g/mol. The molecule has 0 spiro atoms. The summed E-state index contributed by atoms with van der Waals surface area (Å²) in [5.41, 5.74) is 3.26. The first kappa shape index (κ1) is 17.3. The summed E-state index contributed by atoms with van der Waals surface area (Å²) in [4.78, 5) is 0. The highest BCUT2D eigenvalue weighted by molar-refractivity contribution is 7.60. The van der Waals surface area contributed by atoms with E-state index in [9.17, 15) is 4.57 Å². The lowest BCUT2D eigenvalue weighted by molar-refractivity contribution is 0.295. The Kier molecular flexibility index (Phi) is 5.06. The minimum atomic E-state index is -2.90. The van der Waals surface area contributed by atoms with Crippen LogP contribution in [0.25, 0.3) is 0 Å². The second-order valence-corrected chi connectivity index (χ2v) is 9.63. The average molecular weight is 362 g/mol. The zero-order chi connectivity index (χ0) is 17.8. The fraction of sp³-hybridized carbons (Fsp3) is 0.217. The fourth-order valence-corrected chi connectivity index (χ4v) is 7.26. The van der Waals surface area contributed by atoms with Crippen LogP contribution in [0.4, 0.5) is 0 Å². The predicted molar refractivity (Wildman–Crippen MR) is 106 cm³/mol. The maximum absolute atomic E-state index is 14.2. The van der Waals surface area contributed by atoms with E-state index in [0.29, 0.717) is 6.61 Å². The Morgan fingerprint density at radius 3 is 1.58 bits per heavy atom. The van der Waals surface area contributed by atoms with Crippen molar-refractivity contribution in [3.05, 3.63) is 108 Å². The summed E-state index contributed by atoms with van der Waals surface area (Å²) >= 11 is 0. The van der Waals surface area contributed by atoms with E-state index in [2.05, 4.69) is 24.3 Å². The van der Waals surface area contributed by atoms with Crippen LogP contribution < -0.4 is 0 Å². The first-order valence-corrected chi connectivity index (χ1v) is 10.9. The van der Waals surface area contributed by atoms with Gasteiger partial charge in [0.25, 0.3) is 0 Å². The van der Waals surface area contributed by atoms with Crippen molar-refractivity contribution < 1.29 is 9.09 Å². The molecule has 2 atom stereocenters. The van der Waals surface area contributed by atoms with Crippen molar-refractivity contribution in [1.29, 1.82) is 0 Å². The largest absolute Gasteiger partial charge is 0.323 e. The van der Waals surface area contributed by atoms with Crippen molar-refractivity contribution in [1.82, 2.24) is 0 Å². The highest BCUT2D eigenvalue weighted by Gasteiger charge is 2.48. The number of hydrogen-bond acceptors (Lipinski definition) is 2. The van der Waals surface area contributed by atoms with Crippen LogP contribution in [0.2, 0.25) is 0 Å². The third kappa shape index (κ3) is 3.40. The van der Waals surface area contributed by atoms with Crippen molar-refractivity contribution >= 4 is 7.37 Å². The molecule has 0 N–H and O–H groups in total. The van der Waals surface area contributed by atoms with Gasteiger partial charge in [-0.15, -0.1) is 0 Å². The molecule has 1 saturated heterocycles. The average Bonchev–Trinajstić information content (AvgIpc) is 3.06. The van der Waals surface area contributed by atoms with Gasteiger partial charge in [0.2, 0.25) is 7.37 Å². The predicted octanol–water partition coefficient (Wildman–Crippen LogP) is 6.76. The lowest BCUT2D eigenvalue weighted by Gasteiger charge is -2.26. The third-order valence-corrected chi connectivity index (χ3v) is 8.61. The van der Waals surface area contributed by atoms with Crippen LogP contribution in [0.3, 0.4) is 0 Å². The van der Waals surface area contributed by atoms with E-state index in [1.807, 2.05) is 66.7 Å². The highest BCUT2D eigenvalue weighted by atomic mass is 31.2. The molecule has 1 fully saturated rings. The standard InChI is InChI=1S/C23H23O2P/c24-26(25-18-19-10-4-1-5-11-19)22(20-12-6-2-7-13-20)16-17-23(26)21-14-8-3-9-15-21/h1-15,22-23H,16-18H2/t22-,23-/m0/s1. The molecule has 3 aromatic rings. The number of rotatable bonds is 5. The van der Waals surface area contributed by atoms with Crippen LogP contribution >= 0.6 is 7.37 Å². The molecule has 0 unspecified atom stereocenters. The van der Waals surface area contributed by atoms with Crippen LogP contribution in [0.5, 0.6) is 0 Å². The van der Waals surface area contributed by atoms with Gasteiger partial charge in [-0.25, -0.2) is 0 Å². The molecule has 1 aliphatic rings. The molecule has 0 aromatic heterocycles. The quantitative estimate of drug-likeness (QED) is 0.469. The summed E-state index contributed by atoms with van der Waals surface area (Å²) in [5.74, 6) is 0. The van der Waals surface area contributed by atoms with Gasteiger partial charge in [0, 0.05) is 0 Å². The van der Waals surface area contributed by atoms with E-state index < -0.39 is 7.37 Å². The molecule has 0 bridgehead atoms. The minimum absolute atomic E-state index is 0.0300. The maximum Gasteiger partial charge on any atom is 0.217 e. The van der Waals surface area contributed by atoms with Crippen LogP contribution in [0, 0.1) is 0 Å². The van der Waals surface area contributed by atoms with E-state index in [0.717, 1.165) is 29.5 Å². The van der Waals surface area contributed by atoms with Crippen molar-refractivity contribution in [2.45, 2.75) is 30.8 Å². The van der Waals surface area contributed by atoms with Crippen LogP contribution in [-0.2, 0) is 15.7 Å². The molecule has 26 heavy (non-hydrogen) atoms. The summed E-state index contributed by atoms with van der Waals surface area (Å²) in [6.45, 7) is 0.394. The van der Waals surface area contributed by atoms with Crippen molar-refractivity contribution in [2.24, 2.45) is 0 Å². The van der Waals surface area contributed by atoms with Crippen LogP contribution in [0.1, 0.15) is 40.8 Å². The molecule has 132 valence electrons. The number of benzene rings is 3. The van der Waals surface area contributed by atoms with Gasteiger partial charge in [0.05, 0.1) is 17.9 Å². The van der Waals surface area contributed by atoms with Crippen molar-refractivity contribution in [3.8, 4) is 0 Å². The van der Waals surface area contributed by atoms with E-state index >= 15 is 0 Å². The van der Waals surface area contributed by atoms with Gasteiger partial charge in [-0.2, -0.15) is 0 Å². The summed E-state index contributed by atoms with van der Waals surface area (Å²) in [6.07, 6.45) is 1.80. The first-order valence-electron chi connectivity index (χ1n) is 9.15. The molecule has 4 rings (SSSR count). The Hall–Kier alpha value is -2.15. The van der Waals surface area contributed by atoms with Crippen LogP contribution in [0.15, 0.2) is 91.0 Å². The van der Waals surface area contributed by atoms with Gasteiger partial charge in [-0.1, -0.05) is 91.0 Å². The Bertz CT molecular complexity index is 826. The number of hydrogen-bond donors (Lipinski definition) is 0. The van der Waals surface area contributed by atoms with Gasteiger partial charge in [-0.05, 0) is 29.5 Å². The Balaban J connectivity index is 1.68. The Morgan fingerprint density at radius 1 is 0.692 bits per heavy atom. The third-order valence-electron chi connectivity index (χ3n) is 5.23. The topological polar surface area (TPSA) is 26.3 Å². The smallest absolute Gasteiger partial charge is 0.217 e. The fourth-order valence-electron chi connectivity index (χ4n) is 3.92. The molecule has 0 aliphatic carbocycles. The summed E-state index contributed by atoms with van der Waals surface area (Å²) < 4.78 is 20.5. The van der Waals surface area contributed by atoms with Crippen molar-refractivity contribution in [2.75, 3.05) is 0 Å². The summed E-state index contributed by atoms with van der Waals surface area (Å²) in [7, 11) is -2.90.